The van der Waals surface area contributed by atoms with Crippen LogP contribution in [0.5, 0.6) is 0 Å². The number of nitrogens with zero attached hydrogens (tertiary/aromatic N) is 2. The molecule has 1 aliphatic rings. The fourth-order valence-electron chi connectivity index (χ4n) is 1.48. The number of hydroxylamine groups is 2. The van der Waals surface area contributed by atoms with Crippen LogP contribution in [-0.4, -0.2) is 46.6 Å². The van der Waals surface area contributed by atoms with Crippen LogP contribution in [0.25, 0.3) is 0 Å². The minimum atomic E-state index is -0.504. The van der Waals surface area contributed by atoms with Gasteiger partial charge in [0.05, 0.1) is 0 Å². The maximum Gasteiger partial charge on any atom is 0.244 e. The second-order valence-electron chi connectivity index (χ2n) is 3.52. The number of carbonyl (C=O) groups is 2. The van der Waals surface area contributed by atoms with E-state index >= 15 is 0 Å². The molecule has 0 bridgehead atoms. The van der Waals surface area contributed by atoms with Crippen LogP contribution < -0.4 is 0 Å². The fourth-order valence-corrected chi connectivity index (χ4v) is 1.48. The monoisotopic (exact) mass is 200 g/mol. The lowest BCUT2D eigenvalue weighted by molar-refractivity contribution is -0.169. The quantitative estimate of drug-likeness (QED) is 0.513. The molecule has 5 heteroatoms. The molecule has 2 amide bonds. The van der Waals surface area contributed by atoms with Gasteiger partial charge in [0.2, 0.25) is 11.8 Å². The first-order valence-corrected chi connectivity index (χ1v) is 4.86. The predicted octanol–water partition coefficient (Wildman–Crippen LogP) is 0.237. The molecule has 0 aromatic heterocycles. The smallest absolute Gasteiger partial charge is 0.244 e. The Morgan fingerprint density at radius 1 is 1.29 bits per heavy atom. The lowest BCUT2D eigenvalue weighted by Gasteiger charge is -2.27. The molecule has 5 nitrogen and oxygen atoms in total. The molecule has 1 rings (SSSR count). The Morgan fingerprint density at radius 2 is 1.86 bits per heavy atom. The fraction of sp³-hybridized carbons (Fsp3) is 0.778. The molecule has 1 heterocycles. The van der Waals surface area contributed by atoms with E-state index in [9.17, 15) is 9.59 Å². The van der Waals surface area contributed by atoms with E-state index < -0.39 is 5.91 Å². The van der Waals surface area contributed by atoms with Crippen LogP contribution in [0.15, 0.2) is 0 Å². The number of hydrogen-bond acceptors (Lipinski definition) is 3. The number of piperidine rings is 1. The van der Waals surface area contributed by atoms with Crippen LogP contribution in [0.2, 0.25) is 0 Å². The average Bonchev–Trinajstić information content (AvgIpc) is 2.19. The van der Waals surface area contributed by atoms with E-state index in [1.54, 1.807) is 4.90 Å². The van der Waals surface area contributed by atoms with Crippen LogP contribution >= 0.6 is 0 Å². The molecular weight excluding hydrogens is 184 g/mol. The van der Waals surface area contributed by atoms with Crippen LogP contribution in [0.3, 0.4) is 0 Å². The Morgan fingerprint density at radius 3 is 2.36 bits per heavy atom. The summed E-state index contributed by atoms with van der Waals surface area (Å²) < 4.78 is 0. The first-order valence-electron chi connectivity index (χ1n) is 4.86. The number of hydrogen-bond donors (Lipinski definition) is 1. The third-order valence-electron chi connectivity index (χ3n) is 2.36. The van der Waals surface area contributed by atoms with E-state index in [-0.39, 0.29) is 12.5 Å². The zero-order valence-corrected chi connectivity index (χ0v) is 8.40. The van der Waals surface area contributed by atoms with Gasteiger partial charge in [0.25, 0.3) is 0 Å². The number of likely N-dealkylation sites (tertiary alicyclic amines) is 1. The van der Waals surface area contributed by atoms with Crippen LogP contribution in [0, 0.1) is 0 Å². The molecular formula is C9H16N2O3. The molecule has 0 aromatic carbocycles. The molecule has 0 aromatic rings. The van der Waals surface area contributed by atoms with Crippen molar-refractivity contribution >= 4 is 11.8 Å². The van der Waals surface area contributed by atoms with Crippen molar-refractivity contribution in [2.45, 2.75) is 26.2 Å². The van der Waals surface area contributed by atoms with Gasteiger partial charge < -0.3 is 4.90 Å². The van der Waals surface area contributed by atoms with Gasteiger partial charge in [-0.05, 0) is 19.3 Å². The van der Waals surface area contributed by atoms with Crippen molar-refractivity contribution in [2.75, 3.05) is 19.6 Å². The first kappa shape index (κ1) is 11.0. The second-order valence-corrected chi connectivity index (χ2v) is 3.52. The zero-order chi connectivity index (χ0) is 10.6. The van der Waals surface area contributed by atoms with Gasteiger partial charge in [-0.2, -0.15) is 0 Å². The third-order valence-corrected chi connectivity index (χ3v) is 2.36. The topological polar surface area (TPSA) is 60.9 Å². The highest BCUT2D eigenvalue weighted by molar-refractivity contribution is 5.83. The standard InChI is InChI=1S/C9H16N2O3/c1-8(12)11(14)7-9(13)10-5-3-2-4-6-10/h14H,2-7H2,1H3. The molecule has 0 radical (unpaired) electrons. The Kier molecular flexibility index (Phi) is 3.88. The molecule has 0 unspecified atom stereocenters. The van der Waals surface area contributed by atoms with Gasteiger partial charge in [0.1, 0.15) is 6.54 Å². The summed E-state index contributed by atoms with van der Waals surface area (Å²) in [4.78, 5) is 23.8. The molecule has 80 valence electrons. The van der Waals surface area contributed by atoms with Crippen molar-refractivity contribution in [3.63, 3.8) is 0 Å². The SMILES string of the molecule is CC(=O)N(O)CC(=O)N1CCCCC1. The molecule has 1 aliphatic heterocycles. The van der Waals surface area contributed by atoms with Crippen molar-refractivity contribution in [2.24, 2.45) is 0 Å². The van der Waals surface area contributed by atoms with Gasteiger partial charge in [-0.1, -0.05) is 0 Å². The predicted molar refractivity (Wildman–Crippen MR) is 49.6 cm³/mol. The Labute approximate surface area is 83.2 Å². The zero-order valence-electron chi connectivity index (χ0n) is 8.40. The summed E-state index contributed by atoms with van der Waals surface area (Å²) in [6.07, 6.45) is 3.17. The van der Waals surface area contributed by atoms with E-state index in [0.717, 1.165) is 32.4 Å². The van der Waals surface area contributed by atoms with Crippen molar-refractivity contribution in [3.05, 3.63) is 0 Å². The van der Waals surface area contributed by atoms with Crippen molar-refractivity contribution in [3.8, 4) is 0 Å². The summed E-state index contributed by atoms with van der Waals surface area (Å²) in [5.74, 6) is -0.683. The summed E-state index contributed by atoms with van der Waals surface area (Å²) in [5, 5.41) is 9.52. The largest absolute Gasteiger partial charge is 0.341 e. The number of carbonyl (C=O) groups excluding carboxylic acids is 2. The van der Waals surface area contributed by atoms with Gasteiger partial charge in [-0.15, -0.1) is 0 Å². The summed E-state index contributed by atoms with van der Waals surface area (Å²) in [7, 11) is 0. The molecule has 1 fully saturated rings. The summed E-state index contributed by atoms with van der Waals surface area (Å²) in [6.45, 7) is 2.48. The summed E-state index contributed by atoms with van der Waals surface area (Å²) in [5.41, 5.74) is 0. The Bertz CT molecular complexity index is 224. The molecule has 0 spiro atoms. The average molecular weight is 200 g/mol. The minimum Gasteiger partial charge on any atom is -0.341 e. The highest BCUT2D eigenvalue weighted by Gasteiger charge is 2.19. The van der Waals surface area contributed by atoms with Crippen molar-refractivity contribution in [1.29, 1.82) is 0 Å². The number of amides is 2. The van der Waals surface area contributed by atoms with Gasteiger partial charge >= 0.3 is 0 Å². The summed E-state index contributed by atoms with van der Waals surface area (Å²) >= 11 is 0. The first-order chi connectivity index (χ1) is 6.61. The number of rotatable bonds is 2. The molecule has 0 saturated carbocycles. The Balaban J connectivity index is 2.36. The molecule has 0 atom stereocenters. The maximum atomic E-state index is 11.5. The normalized spacial score (nSPS) is 16.6. The van der Waals surface area contributed by atoms with E-state index in [2.05, 4.69) is 0 Å². The van der Waals surface area contributed by atoms with E-state index in [1.165, 1.54) is 6.92 Å². The van der Waals surface area contributed by atoms with E-state index in [0.29, 0.717) is 5.06 Å². The second kappa shape index (κ2) is 4.95. The van der Waals surface area contributed by atoms with E-state index in [1.807, 2.05) is 0 Å². The van der Waals surface area contributed by atoms with Gasteiger partial charge in [-0.3, -0.25) is 14.8 Å². The summed E-state index contributed by atoms with van der Waals surface area (Å²) in [6, 6.07) is 0. The lowest BCUT2D eigenvalue weighted by Crippen LogP contribution is -2.43. The molecule has 1 saturated heterocycles. The van der Waals surface area contributed by atoms with Gasteiger partial charge in [0.15, 0.2) is 0 Å². The lowest BCUT2D eigenvalue weighted by atomic mass is 10.1. The highest BCUT2D eigenvalue weighted by atomic mass is 16.5. The van der Waals surface area contributed by atoms with Crippen molar-refractivity contribution in [1.82, 2.24) is 9.96 Å². The van der Waals surface area contributed by atoms with Crippen LogP contribution in [0.1, 0.15) is 26.2 Å². The van der Waals surface area contributed by atoms with Crippen molar-refractivity contribution < 1.29 is 14.8 Å². The third kappa shape index (κ3) is 2.99. The van der Waals surface area contributed by atoms with E-state index in [4.69, 9.17) is 5.21 Å². The van der Waals surface area contributed by atoms with Gasteiger partial charge in [-0.25, -0.2) is 5.06 Å². The van der Waals surface area contributed by atoms with Crippen LogP contribution in [-0.2, 0) is 9.59 Å². The molecule has 0 aliphatic carbocycles. The van der Waals surface area contributed by atoms with Gasteiger partial charge in [0, 0.05) is 20.0 Å². The Hall–Kier alpha value is -1.10. The molecule has 14 heavy (non-hydrogen) atoms. The maximum absolute atomic E-state index is 11.5. The highest BCUT2D eigenvalue weighted by Crippen LogP contribution is 2.08. The van der Waals surface area contributed by atoms with Crippen LogP contribution in [0.4, 0.5) is 0 Å². The molecule has 1 N–H and O–H groups in total. The minimum absolute atomic E-state index is 0.178.